The second kappa shape index (κ2) is 9.30. The van der Waals surface area contributed by atoms with E-state index in [-0.39, 0.29) is 10.1 Å². The average Bonchev–Trinajstić information content (AvgIpc) is 3.48. The molecule has 0 radical (unpaired) electrons. The van der Waals surface area contributed by atoms with Gasteiger partial charge in [-0.3, -0.25) is 19.3 Å². The van der Waals surface area contributed by atoms with Gasteiger partial charge in [0.25, 0.3) is 11.5 Å². The molecule has 10 heteroatoms. The minimum absolute atomic E-state index is 0.176. The maximum atomic E-state index is 13.2. The molecule has 1 aliphatic rings. The average molecular weight is 491 g/mol. The Balaban J connectivity index is 1.49. The molecule has 9 nitrogen and oxygen atoms in total. The van der Waals surface area contributed by atoms with Gasteiger partial charge in [-0.1, -0.05) is 49.3 Å². The number of carboxylic acid groups (broad SMARTS) is 1. The topological polar surface area (TPSA) is 114 Å². The second-order valence-corrected chi connectivity index (χ2v) is 9.10. The summed E-state index contributed by atoms with van der Waals surface area (Å²) in [4.78, 5) is 43.6. The highest BCUT2D eigenvalue weighted by Gasteiger charge is 2.35. The lowest BCUT2D eigenvalue weighted by molar-refractivity contribution is -0.136. The van der Waals surface area contributed by atoms with E-state index in [4.69, 9.17) is 4.74 Å². The number of aromatic nitrogens is 3. The number of anilines is 1. The lowest BCUT2D eigenvalue weighted by Gasteiger charge is -2.13. The predicted octanol–water partition coefficient (Wildman–Crippen LogP) is 2.74. The van der Waals surface area contributed by atoms with Gasteiger partial charge >= 0.3 is 5.97 Å². The zero-order valence-corrected chi connectivity index (χ0v) is 19.7. The van der Waals surface area contributed by atoms with E-state index in [1.54, 1.807) is 24.3 Å². The van der Waals surface area contributed by atoms with Crippen LogP contribution in [0.5, 0.6) is 5.75 Å². The largest absolute Gasteiger partial charge is 0.494 e. The Bertz CT molecular complexity index is 1540. The first-order chi connectivity index (χ1) is 17.0. The molecule has 3 heterocycles. The summed E-state index contributed by atoms with van der Waals surface area (Å²) in [5.41, 5.74) is 1.44. The number of aliphatic carboxylic acids is 1. The Morgan fingerprint density at radius 2 is 1.86 bits per heavy atom. The molecule has 2 aromatic carbocycles. The van der Waals surface area contributed by atoms with Crippen LogP contribution >= 0.6 is 11.3 Å². The van der Waals surface area contributed by atoms with E-state index in [9.17, 15) is 19.5 Å². The molecule has 1 aliphatic heterocycles. The van der Waals surface area contributed by atoms with Crippen molar-refractivity contribution in [1.82, 2.24) is 14.6 Å². The van der Waals surface area contributed by atoms with Crippen LogP contribution in [0.4, 0.5) is 5.69 Å². The lowest BCUT2D eigenvalue weighted by atomic mass is 10.1. The summed E-state index contributed by atoms with van der Waals surface area (Å²) in [5.74, 6) is -0.502. The fourth-order valence-corrected chi connectivity index (χ4v) is 5.04. The molecular formula is C25H22N4O5S. The lowest BCUT2D eigenvalue weighted by Crippen LogP contribution is -2.35. The molecule has 0 saturated carbocycles. The Kier molecular flexibility index (Phi) is 6.04. The first kappa shape index (κ1) is 22.7. The van der Waals surface area contributed by atoms with E-state index >= 15 is 0 Å². The van der Waals surface area contributed by atoms with Crippen molar-refractivity contribution in [3.63, 3.8) is 0 Å². The van der Waals surface area contributed by atoms with Crippen LogP contribution in [0, 0.1) is 0 Å². The van der Waals surface area contributed by atoms with E-state index in [1.165, 1.54) is 9.42 Å². The molecule has 0 spiro atoms. The molecule has 0 atom stereocenters. The van der Waals surface area contributed by atoms with Crippen LogP contribution in [0.3, 0.4) is 0 Å². The molecule has 178 valence electrons. The number of thiazole rings is 1. The number of carbonyl (C=O) groups excluding carboxylic acids is 1. The number of nitrogens with zero attached hydrogens (tertiary/aromatic N) is 4. The summed E-state index contributed by atoms with van der Waals surface area (Å²) in [6.07, 6.45) is 3.27. The Morgan fingerprint density at radius 3 is 2.57 bits per heavy atom. The maximum Gasteiger partial charge on any atom is 0.323 e. The van der Waals surface area contributed by atoms with Gasteiger partial charge in [0, 0.05) is 11.1 Å². The van der Waals surface area contributed by atoms with Gasteiger partial charge in [-0.25, -0.2) is 0 Å². The summed E-state index contributed by atoms with van der Waals surface area (Å²) in [6.45, 7) is 2.32. The molecule has 1 N–H and O–H groups in total. The zero-order valence-electron chi connectivity index (χ0n) is 18.9. The van der Waals surface area contributed by atoms with Gasteiger partial charge < -0.3 is 9.84 Å². The van der Waals surface area contributed by atoms with Crippen LogP contribution in [-0.2, 0) is 9.59 Å². The number of unbranched alkanes of at least 4 members (excludes halogenated alkanes) is 2. The third-order valence-corrected chi connectivity index (χ3v) is 6.76. The smallest absolute Gasteiger partial charge is 0.323 e. The Hall–Kier alpha value is -4.05. The third kappa shape index (κ3) is 4.17. The number of ether oxygens (including phenoxy) is 1. The number of carboxylic acids is 1. The van der Waals surface area contributed by atoms with Crippen molar-refractivity contribution < 1.29 is 19.4 Å². The maximum absolute atomic E-state index is 13.2. The minimum atomic E-state index is -1.14. The van der Waals surface area contributed by atoms with Crippen molar-refractivity contribution in [2.45, 2.75) is 26.2 Å². The van der Waals surface area contributed by atoms with Crippen molar-refractivity contribution in [3.8, 4) is 17.1 Å². The van der Waals surface area contributed by atoms with Crippen LogP contribution < -0.4 is 19.7 Å². The van der Waals surface area contributed by atoms with Crippen LogP contribution in [0.15, 0.2) is 53.3 Å². The molecule has 2 aromatic heterocycles. The summed E-state index contributed by atoms with van der Waals surface area (Å²) in [6, 6.07) is 14.2. The number of benzene rings is 2. The molecule has 0 aliphatic carbocycles. The van der Waals surface area contributed by atoms with E-state index < -0.39 is 24.0 Å². The summed E-state index contributed by atoms with van der Waals surface area (Å²) in [7, 11) is 0. The molecule has 0 fully saturated rings. The summed E-state index contributed by atoms with van der Waals surface area (Å²) < 4.78 is 7.11. The van der Waals surface area contributed by atoms with E-state index in [0.717, 1.165) is 41.9 Å². The quantitative estimate of drug-likeness (QED) is 0.378. The van der Waals surface area contributed by atoms with Crippen LogP contribution in [-0.4, -0.2) is 44.7 Å². The standard InChI is InChI=1S/C25H22N4O5S/c1-2-3-6-13-34-16-11-9-15(10-12-16)22-26-25-29(27-22)24(33)21(35-25)20-17-7-4-5-8-18(17)28(23(20)32)14-19(30)31/h4-5,7-12H,2-3,6,13-14H2,1H3,(H,30,31). The molecule has 5 rings (SSSR count). The summed E-state index contributed by atoms with van der Waals surface area (Å²) >= 11 is 1.06. The number of carbonyl (C=O) groups is 2. The number of rotatable bonds is 8. The van der Waals surface area contributed by atoms with Crippen LogP contribution in [0.1, 0.15) is 31.7 Å². The Morgan fingerprint density at radius 1 is 1.09 bits per heavy atom. The fourth-order valence-electron chi connectivity index (χ4n) is 4.04. The highest BCUT2D eigenvalue weighted by atomic mass is 32.1. The van der Waals surface area contributed by atoms with Gasteiger partial charge in [-0.05, 0) is 36.8 Å². The van der Waals surface area contributed by atoms with Crippen molar-refractivity contribution in [2.75, 3.05) is 18.1 Å². The molecular weight excluding hydrogens is 468 g/mol. The molecule has 0 unspecified atom stereocenters. The van der Waals surface area contributed by atoms with Gasteiger partial charge in [0.05, 0.1) is 17.9 Å². The van der Waals surface area contributed by atoms with E-state index in [2.05, 4.69) is 17.0 Å². The van der Waals surface area contributed by atoms with Crippen molar-refractivity contribution >= 4 is 39.4 Å². The molecule has 4 aromatic rings. The molecule has 35 heavy (non-hydrogen) atoms. The normalized spacial score (nSPS) is 14.5. The highest BCUT2D eigenvalue weighted by Crippen LogP contribution is 2.35. The zero-order chi connectivity index (χ0) is 24.5. The molecule has 0 bridgehead atoms. The van der Waals surface area contributed by atoms with Crippen molar-refractivity contribution in [3.05, 3.63) is 69.0 Å². The second-order valence-electron chi connectivity index (χ2n) is 8.12. The molecule has 1 amide bonds. The monoisotopic (exact) mass is 490 g/mol. The van der Waals surface area contributed by atoms with E-state index in [1.807, 2.05) is 24.3 Å². The summed E-state index contributed by atoms with van der Waals surface area (Å²) in [5, 5.41) is 13.6. The van der Waals surface area contributed by atoms with Gasteiger partial charge in [0.1, 0.15) is 16.8 Å². The fraction of sp³-hybridized carbons (Fsp3) is 0.240. The SMILES string of the molecule is CCCCCOc1ccc(-c2nc3sc(=C4C(=O)N(CC(=O)O)c5ccccc54)c(=O)n3n2)cc1. The van der Waals surface area contributed by atoms with Crippen LogP contribution in [0.2, 0.25) is 0 Å². The number of amides is 1. The van der Waals surface area contributed by atoms with Crippen molar-refractivity contribution in [1.29, 1.82) is 0 Å². The first-order valence-electron chi connectivity index (χ1n) is 11.3. The first-order valence-corrected chi connectivity index (χ1v) is 12.1. The number of hydrogen-bond donors (Lipinski definition) is 1. The van der Waals surface area contributed by atoms with Crippen LogP contribution in [0.25, 0.3) is 21.9 Å². The Labute approximate surface area is 203 Å². The minimum Gasteiger partial charge on any atom is -0.494 e. The van der Waals surface area contributed by atoms with Gasteiger partial charge in [-0.2, -0.15) is 9.50 Å². The number of para-hydroxylation sites is 1. The number of hydrogen-bond acceptors (Lipinski definition) is 7. The highest BCUT2D eigenvalue weighted by molar-refractivity contribution is 7.15. The number of fused-ring (bicyclic) bond motifs is 2. The predicted molar refractivity (Wildman–Crippen MR) is 132 cm³/mol. The van der Waals surface area contributed by atoms with E-state index in [0.29, 0.717) is 28.6 Å². The van der Waals surface area contributed by atoms with Gasteiger partial charge in [0.2, 0.25) is 4.96 Å². The van der Waals surface area contributed by atoms with Gasteiger partial charge in [-0.15, -0.1) is 5.10 Å². The third-order valence-electron chi connectivity index (χ3n) is 5.73. The van der Waals surface area contributed by atoms with Gasteiger partial charge in [0.15, 0.2) is 5.82 Å². The molecule has 0 saturated heterocycles. The van der Waals surface area contributed by atoms with Crippen molar-refractivity contribution in [2.24, 2.45) is 0 Å².